The Balaban J connectivity index is 1.93. The zero-order valence-corrected chi connectivity index (χ0v) is 15.3. The molecule has 0 fully saturated rings. The molecule has 0 unspecified atom stereocenters. The number of nitrogens with one attached hydrogen (secondary N) is 1. The normalized spacial score (nSPS) is 11.8. The second-order valence-electron chi connectivity index (χ2n) is 5.68. The molecule has 0 saturated heterocycles. The van der Waals surface area contributed by atoms with Crippen LogP contribution in [0.4, 0.5) is 0 Å². The number of hydrogen-bond acceptors (Lipinski definition) is 4. The van der Waals surface area contributed by atoms with Gasteiger partial charge >= 0.3 is 0 Å². The van der Waals surface area contributed by atoms with E-state index in [4.69, 9.17) is 9.47 Å². The lowest BCUT2D eigenvalue weighted by molar-refractivity contribution is -0.121. The van der Waals surface area contributed by atoms with E-state index in [2.05, 4.69) is 23.7 Å². The third-order valence-corrected chi connectivity index (χ3v) is 4.48. The van der Waals surface area contributed by atoms with Gasteiger partial charge in [-0.15, -0.1) is 0 Å². The van der Waals surface area contributed by atoms with Gasteiger partial charge in [-0.05, 0) is 59.9 Å². The van der Waals surface area contributed by atoms with Crippen LogP contribution in [0, 0.1) is 0 Å². The topological polar surface area (TPSA) is 47.6 Å². The molecule has 130 valence electrons. The van der Waals surface area contributed by atoms with Gasteiger partial charge < -0.3 is 14.8 Å². The van der Waals surface area contributed by atoms with E-state index < -0.39 is 0 Å². The Bertz CT molecular complexity index is 640. The van der Waals surface area contributed by atoms with Crippen LogP contribution in [0.15, 0.2) is 35.0 Å². The Kier molecular flexibility index (Phi) is 7.12. The van der Waals surface area contributed by atoms with E-state index in [1.165, 1.54) is 5.56 Å². The number of carbonyl (C=O) groups is 1. The summed E-state index contributed by atoms with van der Waals surface area (Å²) in [6.45, 7) is 4.70. The zero-order valence-electron chi connectivity index (χ0n) is 14.5. The van der Waals surface area contributed by atoms with Crippen molar-refractivity contribution in [3.8, 4) is 11.5 Å². The summed E-state index contributed by atoms with van der Waals surface area (Å²) in [5.74, 6) is 1.48. The molecule has 24 heavy (non-hydrogen) atoms. The number of aryl methyl sites for hydroxylation is 1. The third-order valence-electron chi connectivity index (χ3n) is 3.75. The number of thiophene rings is 1. The molecule has 2 rings (SSSR count). The Morgan fingerprint density at radius 1 is 1.29 bits per heavy atom. The van der Waals surface area contributed by atoms with Gasteiger partial charge in [-0.2, -0.15) is 11.3 Å². The molecular formula is C19H25NO3S. The summed E-state index contributed by atoms with van der Waals surface area (Å²) >= 11 is 1.66. The fourth-order valence-corrected chi connectivity index (χ4v) is 3.08. The molecule has 1 aromatic heterocycles. The van der Waals surface area contributed by atoms with Gasteiger partial charge in [0.05, 0.1) is 19.8 Å². The van der Waals surface area contributed by atoms with E-state index in [-0.39, 0.29) is 11.9 Å². The van der Waals surface area contributed by atoms with Crippen LogP contribution in [0.1, 0.15) is 43.9 Å². The lowest BCUT2D eigenvalue weighted by atomic mass is 10.1. The van der Waals surface area contributed by atoms with Crippen LogP contribution in [-0.2, 0) is 11.2 Å². The van der Waals surface area contributed by atoms with Crippen LogP contribution < -0.4 is 14.8 Å². The summed E-state index contributed by atoms with van der Waals surface area (Å²) < 4.78 is 11.1. The number of rotatable bonds is 9. The maximum Gasteiger partial charge on any atom is 0.220 e. The van der Waals surface area contributed by atoms with Gasteiger partial charge in [0.2, 0.25) is 5.91 Å². The van der Waals surface area contributed by atoms with Crippen molar-refractivity contribution in [1.82, 2.24) is 5.32 Å². The fraction of sp³-hybridized carbons (Fsp3) is 0.421. The van der Waals surface area contributed by atoms with Crippen LogP contribution in [0.25, 0.3) is 0 Å². The van der Waals surface area contributed by atoms with Gasteiger partial charge in [0.1, 0.15) is 0 Å². The number of hydrogen-bond donors (Lipinski definition) is 1. The first-order valence-electron chi connectivity index (χ1n) is 8.25. The highest BCUT2D eigenvalue weighted by atomic mass is 32.1. The maximum atomic E-state index is 12.1. The van der Waals surface area contributed by atoms with E-state index >= 15 is 0 Å². The summed E-state index contributed by atoms with van der Waals surface area (Å²) in [7, 11) is 1.63. The highest BCUT2D eigenvalue weighted by molar-refractivity contribution is 7.07. The molecule has 0 radical (unpaired) electrons. The van der Waals surface area contributed by atoms with Gasteiger partial charge in [0.15, 0.2) is 11.5 Å². The van der Waals surface area contributed by atoms with Crippen molar-refractivity contribution in [3.63, 3.8) is 0 Å². The molecule has 1 N–H and O–H groups in total. The molecule has 0 spiro atoms. The van der Waals surface area contributed by atoms with E-state index in [0.717, 1.165) is 24.2 Å². The van der Waals surface area contributed by atoms with Crippen molar-refractivity contribution >= 4 is 17.2 Å². The lowest BCUT2D eigenvalue weighted by Gasteiger charge is -2.17. The minimum Gasteiger partial charge on any atom is -0.493 e. The third kappa shape index (κ3) is 5.27. The standard InChI is InChI=1S/C19H25NO3S/c1-4-10-23-17-7-6-16(12-18(17)22-3)14(2)20-19(21)8-5-15-9-11-24-13-15/h6-7,9,11-14H,4-5,8,10H2,1-3H3,(H,20,21)/t14-/m0/s1. The molecule has 2 aromatic rings. The van der Waals surface area contributed by atoms with Crippen molar-refractivity contribution in [2.75, 3.05) is 13.7 Å². The predicted molar refractivity (Wildman–Crippen MR) is 98.0 cm³/mol. The smallest absolute Gasteiger partial charge is 0.220 e. The van der Waals surface area contributed by atoms with Crippen molar-refractivity contribution < 1.29 is 14.3 Å². The first kappa shape index (κ1) is 18.3. The number of amides is 1. The molecule has 4 nitrogen and oxygen atoms in total. The van der Waals surface area contributed by atoms with Gasteiger partial charge in [-0.25, -0.2) is 0 Å². The second-order valence-corrected chi connectivity index (χ2v) is 6.46. The van der Waals surface area contributed by atoms with Crippen molar-refractivity contribution in [1.29, 1.82) is 0 Å². The summed E-state index contributed by atoms with van der Waals surface area (Å²) in [6.07, 6.45) is 2.21. The number of benzene rings is 1. The van der Waals surface area contributed by atoms with E-state index in [9.17, 15) is 4.79 Å². The molecule has 1 heterocycles. The highest BCUT2D eigenvalue weighted by Crippen LogP contribution is 2.30. The molecule has 1 amide bonds. The molecule has 0 saturated carbocycles. The Morgan fingerprint density at radius 2 is 2.12 bits per heavy atom. The minimum absolute atomic E-state index is 0.0546. The molecular weight excluding hydrogens is 322 g/mol. The quantitative estimate of drug-likeness (QED) is 0.733. The van der Waals surface area contributed by atoms with Crippen molar-refractivity contribution in [3.05, 3.63) is 46.2 Å². The minimum atomic E-state index is -0.0749. The first-order valence-corrected chi connectivity index (χ1v) is 9.19. The number of methoxy groups -OCH3 is 1. The van der Waals surface area contributed by atoms with Crippen LogP contribution in [-0.4, -0.2) is 19.6 Å². The summed E-state index contributed by atoms with van der Waals surface area (Å²) in [5.41, 5.74) is 2.21. The highest BCUT2D eigenvalue weighted by Gasteiger charge is 2.13. The SMILES string of the molecule is CCCOc1ccc([C@H](C)NC(=O)CCc2ccsc2)cc1OC. The van der Waals surface area contributed by atoms with Crippen molar-refractivity contribution in [2.24, 2.45) is 0 Å². The monoisotopic (exact) mass is 347 g/mol. The molecule has 0 aliphatic carbocycles. The van der Waals surface area contributed by atoms with E-state index in [1.807, 2.05) is 30.5 Å². The fourth-order valence-electron chi connectivity index (χ4n) is 2.37. The van der Waals surface area contributed by atoms with Crippen LogP contribution >= 0.6 is 11.3 Å². The van der Waals surface area contributed by atoms with Gasteiger partial charge in [0.25, 0.3) is 0 Å². The zero-order chi connectivity index (χ0) is 17.4. The molecule has 1 atom stereocenters. The number of carbonyl (C=O) groups excluding carboxylic acids is 1. The van der Waals surface area contributed by atoms with Gasteiger partial charge in [0, 0.05) is 6.42 Å². The van der Waals surface area contributed by atoms with E-state index in [1.54, 1.807) is 18.4 Å². The maximum absolute atomic E-state index is 12.1. The Labute approximate surface area is 147 Å². The Hall–Kier alpha value is -2.01. The summed E-state index contributed by atoms with van der Waals surface area (Å²) in [4.78, 5) is 12.1. The van der Waals surface area contributed by atoms with Crippen LogP contribution in [0.3, 0.4) is 0 Å². The lowest BCUT2D eigenvalue weighted by Crippen LogP contribution is -2.26. The Morgan fingerprint density at radius 3 is 2.79 bits per heavy atom. The van der Waals surface area contributed by atoms with Crippen LogP contribution in [0.2, 0.25) is 0 Å². The molecule has 0 aliphatic rings. The molecule has 1 aromatic carbocycles. The average Bonchev–Trinajstić information content (AvgIpc) is 3.11. The predicted octanol–water partition coefficient (Wildman–Crippen LogP) is 4.36. The molecule has 5 heteroatoms. The number of ether oxygens (including phenoxy) is 2. The van der Waals surface area contributed by atoms with Crippen molar-refractivity contribution in [2.45, 2.75) is 39.2 Å². The average molecular weight is 347 g/mol. The van der Waals surface area contributed by atoms with Crippen LogP contribution in [0.5, 0.6) is 11.5 Å². The summed E-state index contributed by atoms with van der Waals surface area (Å²) in [6, 6.07) is 7.78. The second kappa shape index (κ2) is 9.33. The largest absolute Gasteiger partial charge is 0.493 e. The van der Waals surface area contributed by atoms with Gasteiger partial charge in [-0.1, -0.05) is 13.0 Å². The summed E-state index contributed by atoms with van der Waals surface area (Å²) in [5, 5.41) is 7.15. The molecule has 0 aliphatic heterocycles. The first-order chi connectivity index (χ1) is 11.6. The van der Waals surface area contributed by atoms with E-state index in [0.29, 0.717) is 18.8 Å². The molecule has 0 bridgehead atoms. The van der Waals surface area contributed by atoms with Gasteiger partial charge in [-0.3, -0.25) is 4.79 Å².